The van der Waals surface area contributed by atoms with Gasteiger partial charge < -0.3 is 9.84 Å². The third kappa shape index (κ3) is 3.38. The minimum absolute atomic E-state index is 0.195. The first-order valence-corrected chi connectivity index (χ1v) is 9.90. The van der Waals surface area contributed by atoms with Gasteiger partial charge in [0, 0.05) is 4.90 Å². The molecule has 0 saturated carbocycles. The topological polar surface area (TPSA) is 72.5 Å². The molecule has 0 amide bonds. The van der Waals surface area contributed by atoms with Gasteiger partial charge in [-0.3, -0.25) is 0 Å². The summed E-state index contributed by atoms with van der Waals surface area (Å²) in [6.45, 7) is 2.40. The first-order valence-electron chi connectivity index (χ1n) is 8.09. The molecule has 6 nitrogen and oxygen atoms in total. The monoisotopic (exact) mass is 384 g/mol. The zero-order valence-electron chi connectivity index (χ0n) is 14.0. The van der Waals surface area contributed by atoms with Gasteiger partial charge in [-0.1, -0.05) is 30.4 Å². The number of aromatic hydroxyl groups is 1. The molecule has 0 fully saturated rings. The van der Waals surface area contributed by atoms with Crippen LogP contribution in [0.1, 0.15) is 12.7 Å². The van der Waals surface area contributed by atoms with Gasteiger partial charge >= 0.3 is 0 Å². The summed E-state index contributed by atoms with van der Waals surface area (Å²) >= 11 is 3.17. The van der Waals surface area contributed by atoms with E-state index in [0.717, 1.165) is 11.5 Å². The Morgan fingerprint density at radius 1 is 1.12 bits per heavy atom. The molecule has 132 valence electrons. The molecule has 0 aliphatic carbocycles. The van der Waals surface area contributed by atoms with Gasteiger partial charge in [0.1, 0.15) is 18.1 Å². The molecule has 0 aliphatic heterocycles. The van der Waals surface area contributed by atoms with Crippen LogP contribution in [-0.2, 0) is 6.61 Å². The fourth-order valence-electron chi connectivity index (χ4n) is 2.46. The number of rotatable bonds is 6. The number of thioether (sulfide) groups is 1. The van der Waals surface area contributed by atoms with Crippen molar-refractivity contribution >= 4 is 28.1 Å². The molecule has 0 aliphatic rings. The zero-order valence-corrected chi connectivity index (χ0v) is 15.6. The van der Waals surface area contributed by atoms with Gasteiger partial charge in [-0.25, -0.2) is 0 Å². The lowest BCUT2D eigenvalue weighted by molar-refractivity contribution is 0.292. The predicted molar refractivity (Wildman–Crippen MR) is 103 cm³/mol. The predicted octanol–water partition coefficient (Wildman–Crippen LogP) is 4.25. The van der Waals surface area contributed by atoms with Crippen LogP contribution in [0, 0.1) is 0 Å². The lowest BCUT2D eigenvalue weighted by Gasteiger charge is -2.05. The average molecular weight is 384 g/mol. The number of nitrogens with zero attached hydrogens (tertiary/aromatic N) is 4. The van der Waals surface area contributed by atoms with E-state index in [-0.39, 0.29) is 12.4 Å². The van der Waals surface area contributed by atoms with E-state index in [1.54, 1.807) is 28.4 Å². The molecule has 0 bridgehead atoms. The van der Waals surface area contributed by atoms with Gasteiger partial charge in [-0.15, -0.1) is 22.0 Å². The van der Waals surface area contributed by atoms with Gasteiger partial charge in [0.25, 0.3) is 0 Å². The number of hydrogen-bond donors (Lipinski definition) is 1. The number of aromatic nitrogens is 4. The average Bonchev–Trinajstić information content (AvgIpc) is 3.23. The van der Waals surface area contributed by atoms with E-state index < -0.39 is 0 Å². The number of hydrogen-bond acceptors (Lipinski definition) is 7. The third-order valence-corrected chi connectivity index (χ3v) is 5.52. The van der Waals surface area contributed by atoms with Gasteiger partial charge in [0.05, 0.1) is 5.56 Å². The number of phenolic OH excluding ortho intramolecular Hbond substituents is 1. The molecule has 4 aromatic rings. The third-order valence-electron chi connectivity index (χ3n) is 3.69. The molecule has 26 heavy (non-hydrogen) atoms. The molecule has 0 spiro atoms. The Morgan fingerprint density at radius 2 is 1.92 bits per heavy atom. The molecule has 0 atom stereocenters. The molecule has 0 unspecified atom stereocenters. The van der Waals surface area contributed by atoms with Crippen LogP contribution in [0.15, 0.2) is 53.4 Å². The van der Waals surface area contributed by atoms with Crippen molar-refractivity contribution in [3.05, 3.63) is 54.4 Å². The van der Waals surface area contributed by atoms with Crippen LogP contribution in [0.3, 0.4) is 0 Å². The number of benzene rings is 2. The highest BCUT2D eigenvalue weighted by atomic mass is 32.2. The van der Waals surface area contributed by atoms with Crippen molar-refractivity contribution in [3.8, 4) is 22.1 Å². The molecule has 2 aromatic carbocycles. The summed E-state index contributed by atoms with van der Waals surface area (Å²) in [6.07, 6.45) is 0. The van der Waals surface area contributed by atoms with Crippen LogP contribution in [0.2, 0.25) is 0 Å². The van der Waals surface area contributed by atoms with Crippen molar-refractivity contribution in [2.24, 2.45) is 0 Å². The van der Waals surface area contributed by atoms with E-state index in [2.05, 4.69) is 22.2 Å². The fraction of sp³-hybridized carbons (Fsp3) is 0.167. The van der Waals surface area contributed by atoms with Crippen molar-refractivity contribution < 1.29 is 9.84 Å². The normalized spacial score (nSPS) is 11.1. The first kappa shape index (κ1) is 16.9. The summed E-state index contributed by atoms with van der Waals surface area (Å²) in [5.41, 5.74) is 0.680. The van der Waals surface area contributed by atoms with Crippen molar-refractivity contribution in [2.45, 2.75) is 18.4 Å². The fourth-order valence-corrected chi connectivity index (χ4v) is 4.01. The van der Waals surface area contributed by atoms with Gasteiger partial charge in [-0.05, 0) is 42.2 Å². The number of phenols is 1. The van der Waals surface area contributed by atoms with E-state index in [1.807, 2.05) is 36.4 Å². The molecule has 8 heteroatoms. The highest BCUT2D eigenvalue weighted by molar-refractivity contribution is 7.99. The second-order valence-corrected chi connectivity index (χ2v) is 7.72. The van der Waals surface area contributed by atoms with E-state index >= 15 is 0 Å². The van der Waals surface area contributed by atoms with Gasteiger partial charge in [-0.2, -0.15) is 9.61 Å². The maximum absolute atomic E-state index is 10.0. The Bertz CT molecular complexity index is 1030. The number of para-hydroxylation sites is 1. The molecule has 2 aromatic heterocycles. The standard InChI is InChI=1S/C18H16N4O2S2/c1-2-25-13-9-7-12(8-10-13)24-11-16-19-20-18-22(16)21-17(26-18)14-5-3-4-6-15(14)23/h3-10,23H,2,11H2,1H3. The van der Waals surface area contributed by atoms with Crippen LogP contribution in [0.25, 0.3) is 15.5 Å². The minimum Gasteiger partial charge on any atom is -0.507 e. The van der Waals surface area contributed by atoms with Crippen molar-refractivity contribution in [1.29, 1.82) is 0 Å². The highest BCUT2D eigenvalue weighted by Crippen LogP contribution is 2.32. The quantitative estimate of drug-likeness (QED) is 0.501. The van der Waals surface area contributed by atoms with Crippen LogP contribution in [0.5, 0.6) is 11.5 Å². The molecule has 1 N–H and O–H groups in total. The Morgan fingerprint density at radius 3 is 2.69 bits per heavy atom. The maximum atomic E-state index is 10.0. The van der Waals surface area contributed by atoms with Crippen LogP contribution in [-0.4, -0.2) is 30.7 Å². The molecular weight excluding hydrogens is 368 g/mol. The van der Waals surface area contributed by atoms with E-state index in [9.17, 15) is 5.11 Å². The van der Waals surface area contributed by atoms with Crippen molar-refractivity contribution in [2.75, 3.05) is 5.75 Å². The Kier molecular flexibility index (Phi) is 4.77. The molecular formula is C18H16N4O2S2. The minimum atomic E-state index is 0.195. The molecule has 2 heterocycles. The highest BCUT2D eigenvalue weighted by Gasteiger charge is 2.15. The summed E-state index contributed by atoms with van der Waals surface area (Å²) < 4.78 is 7.47. The second-order valence-electron chi connectivity index (χ2n) is 5.43. The molecule has 0 radical (unpaired) electrons. The maximum Gasteiger partial charge on any atom is 0.235 e. The largest absolute Gasteiger partial charge is 0.507 e. The van der Waals surface area contributed by atoms with Crippen LogP contribution >= 0.6 is 23.1 Å². The van der Waals surface area contributed by atoms with Crippen LogP contribution in [0.4, 0.5) is 0 Å². The number of fused-ring (bicyclic) bond motifs is 1. The Labute approximate surface area is 158 Å². The van der Waals surface area contributed by atoms with Crippen LogP contribution < -0.4 is 4.74 Å². The SMILES string of the molecule is CCSc1ccc(OCc2nnc3sc(-c4ccccc4O)nn23)cc1. The summed E-state index contributed by atoms with van der Waals surface area (Å²) in [6, 6.07) is 15.1. The Balaban J connectivity index is 1.53. The van der Waals surface area contributed by atoms with Gasteiger partial charge in [0.15, 0.2) is 10.8 Å². The van der Waals surface area contributed by atoms with E-state index in [4.69, 9.17) is 4.74 Å². The first-order chi connectivity index (χ1) is 12.7. The van der Waals surface area contributed by atoms with E-state index in [1.165, 1.54) is 16.2 Å². The van der Waals surface area contributed by atoms with Crippen molar-refractivity contribution in [3.63, 3.8) is 0 Å². The second kappa shape index (κ2) is 7.35. The lowest BCUT2D eigenvalue weighted by Crippen LogP contribution is -2.02. The molecule has 0 saturated heterocycles. The molecule has 4 rings (SSSR count). The summed E-state index contributed by atoms with van der Waals surface area (Å²) in [5, 5.41) is 23.5. The number of ether oxygens (including phenoxy) is 1. The summed E-state index contributed by atoms with van der Waals surface area (Å²) in [5.74, 6) is 2.63. The zero-order chi connectivity index (χ0) is 17.9. The summed E-state index contributed by atoms with van der Waals surface area (Å²) in [7, 11) is 0. The lowest BCUT2D eigenvalue weighted by atomic mass is 10.2. The Hall–Kier alpha value is -2.58. The van der Waals surface area contributed by atoms with Crippen molar-refractivity contribution in [1.82, 2.24) is 19.8 Å². The van der Waals surface area contributed by atoms with E-state index in [0.29, 0.717) is 21.4 Å². The summed E-state index contributed by atoms with van der Waals surface area (Å²) in [4.78, 5) is 1.88. The smallest absolute Gasteiger partial charge is 0.235 e. The van der Waals surface area contributed by atoms with Gasteiger partial charge in [0.2, 0.25) is 4.96 Å².